The van der Waals surface area contributed by atoms with Crippen molar-refractivity contribution in [2.24, 2.45) is 5.92 Å². The number of aliphatic hydroxyl groups is 1. The number of likely N-dealkylation sites (N-methyl/N-ethyl adjacent to an activating group) is 1. The molecule has 5 heteroatoms. The van der Waals surface area contributed by atoms with Crippen LogP contribution in [0.1, 0.15) is 18.1 Å². The largest absolute Gasteiger partial charge is 0.394 e. The maximum absolute atomic E-state index is 12.5. The van der Waals surface area contributed by atoms with Gasteiger partial charge in [0.1, 0.15) is 12.0 Å². The first kappa shape index (κ1) is 15.4. The van der Waals surface area contributed by atoms with Crippen molar-refractivity contribution in [1.29, 1.82) is 0 Å². The lowest BCUT2D eigenvalue weighted by atomic mass is 9.80. The van der Waals surface area contributed by atoms with Crippen LogP contribution in [0.4, 0.5) is 0 Å². The van der Waals surface area contributed by atoms with E-state index in [-0.39, 0.29) is 24.5 Å². The van der Waals surface area contributed by atoms with Gasteiger partial charge in [0.15, 0.2) is 0 Å². The number of hydrogen-bond donors (Lipinski definition) is 4. The molecule has 1 aliphatic heterocycles. The molecule has 4 rings (SSSR count). The summed E-state index contributed by atoms with van der Waals surface area (Å²) >= 11 is 0. The number of fused-ring (bicyclic) bond motifs is 2. The first-order chi connectivity index (χ1) is 11.6. The molecule has 0 fully saturated rings. The van der Waals surface area contributed by atoms with Crippen molar-refractivity contribution in [2.75, 3.05) is 20.2 Å². The van der Waals surface area contributed by atoms with Crippen LogP contribution in [-0.4, -0.2) is 48.3 Å². The van der Waals surface area contributed by atoms with Crippen molar-refractivity contribution in [1.82, 2.24) is 10.3 Å². The van der Waals surface area contributed by atoms with Gasteiger partial charge in [0.2, 0.25) is 5.91 Å². The molecule has 2 aromatic rings. The molecular formula is C19H24N3O2+. The number of nitrogens with one attached hydrogen (secondary N) is 3. The number of H-pyrrole nitrogens is 1. The molecule has 1 aliphatic carbocycles. The van der Waals surface area contributed by atoms with Gasteiger partial charge in [0.05, 0.1) is 20.2 Å². The smallest absolute Gasteiger partial charge is 0.232 e. The van der Waals surface area contributed by atoms with Crippen LogP contribution < -0.4 is 10.2 Å². The van der Waals surface area contributed by atoms with Crippen molar-refractivity contribution in [2.45, 2.75) is 25.4 Å². The second kappa shape index (κ2) is 5.76. The molecular weight excluding hydrogens is 302 g/mol. The number of aliphatic hydroxyl groups excluding tert-OH is 1. The summed E-state index contributed by atoms with van der Waals surface area (Å²) in [5.74, 6) is -0.144. The van der Waals surface area contributed by atoms with Crippen LogP contribution >= 0.6 is 0 Å². The van der Waals surface area contributed by atoms with Crippen molar-refractivity contribution >= 4 is 22.4 Å². The first-order valence-electron chi connectivity index (χ1n) is 8.63. The third-order valence-corrected chi connectivity index (χ3v) is 5.41. The molecule has 2 aliphatic rings. The van der Waals surface area contributed by atoms with Crippen molar-refractivity contribution in [3.05, 3.63) is 41.6 Å². The third kappa shape index (κ3) is 2.36. The Morgan fingerprint density at radius 2 is 2.33 bits per heavy atom. The van der Waals surface area contributed by atoms with Gasteiger partial charge >= 0.3 is 0 Å². The summed E-state index contributed by atoms with van der Waals surface area (Å²) in [6.45, 7) is 2.57. The average Bonchev–Trinajstić information content (AvgIpc) is 3.00. The zero-order valence-electron chi connectivity index (χ0n) is 14.1. The number of carbonyl (C=O) groups is 1. The normalized spacial score (nSPS) is 26.6. The summed E-state index contributed by atoms with van der Waals surface area (Å²) in [5.41, 5.74) is 5.08. The summed E-state index contributed by atoms with van der Waals surface area (Å²) in [4.78, 5) is 17.3. The van der Waals surface area contributed by atoms with E-state index < -0.39 is 0 Å². The Kier molecular flexibility index (Phi) is 3.70. The van der Waals surface area contributed by atoms with Gasteiger partial charge in [-0.2, -0.15) is 0 Å². The molecule has 0 radical (unpaired) electrons. The van der Waals surface area contributed by atoms with Crippen LogP contribution in [0.2, 0.25) is 0 Å². The summed E-state index contributed by atoms with van der Waals surface area (Å²) in [7, 11) is 2.17. The van der Waals surface area contributed by atoms with Gasteiger partial charge in [0.25, 0.3) is 0 Å². The zero-order valence-corrected chi connectivity index (χ0v) is 14.1. The highest BCUT2D eigenvalue weighted by Gasteiger charge is 2.38. The quantitative estimate of drug-likeness (QED) is 0.647. The van der Waals surface area contributed by atoms with E-state index in [1.807, 2.05) is 6.92 Å². The molecule has 1 aromatic heterocycles. The van der Waals surface area contributed by atoms with E-state index >= 15 is 0 Å². The van der Waals surface area contributed by atoms with Crippen LogP contribution in [0.15, 0.2) is 30.5 Å². The number of amides is 1. The lowest BCUT2D eigenvalue weighted by Gasteiger charge is -2.36. The first-order valence-corrected chi connectivity index (χ1v) is 8.63. The molecule has 0 saturated heterocycles. The molecule has 1 unspecified atom stereocenters. The second-order valence-corrected chi connectivity index (χ2v) is 7.17. The van der Waals surface area contributed by atoms with Gasteiger partial charge in [-0.05, 0) is 24.1 Å². The maximum atomic E-state index is 12.5. The lowest BCUT2D eigenvalue weighted by molar-refractivity contribution is -0.900. The standard InChI is InChI=1S/C19H23N3O2/c1-11(10-23)21-19(24)13-6-15-14-4-3-5-16-18(14)12(8-20-16)7-17(15)22(2)9-13/h3-6,8,11,13,17,20,23H,7,9-10H2,1-2H3,(H,21,24)/p+1/t11-,13-,17-/m1/s1. The highest BCUT2D eigenvalue weighted by atomic mass is 16.3. The topological polar surface area (TPSA) is 69.6 Å². The molecule has 0 spiro atoms. The van der Waals surface area contributed by atoms with E-state index in [2.05, 4.69) is 47.8 Å². The minimum Gasteiger partial charge on any atom is -0.394 e. The summed E-state index contributed by atoms with van der Waals surface area (Å²) in [5, 5.41) is 13.4. The number of aromatic nitrogens is 1. The van der Waals surface area contributed by atoms with Gasteiger partial charge < -0.3 is 20.3 Å². The number of carbonyl (C=O) groups excluding carboxylic acids is 1. The molecule has 0 bridgehead atoms. The Balaban J connectivity index is 1.75. The van der Waals surface area contributed by atoms with E-state index in [4.69, 9.17) is 5.11 Å². The van der Waals surface area contributed by atoms with Crippen molar-refractivity contribution in [3.8, 4) is 0 Å². The molecule has 1 aromatic carbocycles. The van der Waals surface area contributed by atoms with Crippen LogP contribution in [0, 0.1) is 5.92 Å². The van der Waals surface area contributed by atoms with E-state index in [0.29, 0.717) is 6.04 Å². The van der Waals surface area contributed by atoms with E-state index in [1.165, 1.54) is 32.5 Å². The molecule has 0 saturated carbocycles. The average molecular weight is 326 g/mol. The van der Waals surface area contributed by atoms with E-state index in [1.54, 1.807) is 0 Å². The lowest BCUT2D eigenvalue weighted by Crippen LogP contribution is -3.15. The fraction of sp³-hybridized carbons (Fsp3) is 0.421. The Hall–Kier alpha value is -2.11. The van der Waals surface area contributed by atoms with Crippen LogP contribution in [0.5, 0.6) is 0 Å². The Morgan fingerprint density at radius 3 is 3.12 bits per heavy atom. The van der Waals surface area contributed by atoms with Crippen LogP contribution in [0.25, 0.3) is 16.5 Å². The molecule has 5 nitrogen and oxygen atoms in total. The van der Waals surface area contributed by atoms with Crippen molar-refractivity contribution < 1.29 is 14.8 Å². The Labute approximate surface area is 141 Å². The van der Waals surface area contributed by atoms with Gasteiger partial charge in [-0.3, -0.25) is 4.79 Å². The molecule has 2 heterocycles. The Morgan fingerprint density at radius 1 is 1.50 bits per heavy atom. The number of benzene rings is 1. The summed E-state index contributed by atoms with van der Waals surface area (Å²) < 4.78 is 0. The predicted molar refractivity (Wildman–Crippen MR) is 93.7 cm³/mol. The number of rotatable bonds is 3. The molecule has 24 heavy (non-hydrogen) atoms. The number of aromatic amines is 1. The zero-order chi connectivity index (χ0) is 16.8. The summed E-state index contributed by atoms with van der Waals surface area (Å²) in [6.07, 6.45) is 5.29. The van der Waals surface area contributed by atoms with Gasteiger partial charge in [-0.25, -0.2) is 0 Å². The molecule has 4 N–H and O–H groups in total. The van der Waals surface area contributed by atoms with E-state index in [9.17, 15) is 4.79 Å². The second-order valence-electron chi connectivity index (χ2n) is 7.17. The monoisotopic (exact) mass is 326 g/mol. The molecule has 4 atom stereocenters. The van der Waals surface area contributed by atoms with Crippen molar-refractivity contribution in [3.63, 3.8) is 0 Å². The van der Waals surface area contributed by atoms with Crippen LogP contribution in [-0.2, 0) is 11.2 Å². The highest BCUT2D eigenvalue weighted by Crippen LogP contribution is 2.37. The number of hydrogen-bond acceptors (Lipinski definition) is 2. The Bertz CT molecular complexity index is 823. The number of quaternary nitrogens is 1. The van der Waals surface area contributed by atoms with Gasteiger partial charge in [-0.15, -0.1) is 0 Å². The third-order valence-electron chi connectivity index (χ3n) is 5.41. The molecule has 126 valence electrons. The summed E-state index contributed by atoms with van der Waals surface area (Å²) in [6, 6.07) is 6.55. The predicted octanol–water partition coefficient (Wildman–Crippen LogP) is 0.118. The highest BCUT2D eigenvalue weighted by molar-refractivity contribution is 5.98. The van der Waals surface area contributed by atoms with E-state index in [0.717, 1.165) is 13.0 Å². The van der Waals surface area contributed by atoms with Crippen LogP contribution in [0.3, 0.4) is 0 Å². The maximum Gasteiger partial charge on any atom is 0.232 e. The fourth-order valence-corrected chi connectivity index (χ4v) is 4.15. The fourth-order valence-electron chi connectivity index (χ4n) is 4.15. The molecule has 1 amide bonds. The SMILES string of the molecule is C[C@H](CO)NC(=O)[C@@H]1C=C2c3cccc4[nH]cc(c34)C[C@H]2[NH+](C)C1. The van der Waals surface area contributed by atoms with Gasteiger partial charge in [0, 0.05) is 35.1 Å². The minimum atomic E-state index is -0.208. The van der Waals surface area contributed by atoms with Gasteiger partial charge in [-0.1, -0.05) is 18.2 Å². The minimum absolute atomic E-state index is 0.00823.